The molecule has 2 N–H and O–H groups in total. The van der Waals surface area contributed by atoms with Gasteiger partial charge in [0.25, 0.3) is 0 Å². The van der Waals surface area contributed by atoms with Crippen LogP contribution in [0.2, 0.25) is 0 Å². The molecule has 0 aliphatic carbocycles. The largest absolute Gasteiger partial charge is 0.416 e. The summed E-state index contributed by atoms with van der Waals surface area (Å²) in [5.41, 5.74) is -0.0196. The Morgan fingerprint density at radius 1 is 1.07 bits per heavy atom. The van der Waals surface area contributed by atoms with Crippen molar-refractivity contribution in [1.29, 1.82) is 0 Å². The number of halogens is 3. The number of hydrogen-bond acceptors (Lipinski definition) is 3. The van der Waals surface area contributed by atoms with Crippen molar-refractivity contribution in [2.75, 3.05) is 13.1 Å². The van der Waals surface area contributed by atoms with Gasteiger partial charge >= 0.3 is 6.18 Å². The van der Waals surface area contributed by atoms with Crippen molar-refractivity contribution in [3.8, 4) is 0 Å². The first kappa shape index (κ1) is 21.3. The Bertz CT molecular complexity index is 865. The zero-order valence-corrected chi connectivity index (χ0v) is 16.3. The highest BCUT2D eigenvalue weighted by atomic mass is 19.4. The van der Waals surface area contributed by atoms with Crippen LogP contribution in [-0.2, 0) is 29.7 Å². The van der Waals surface area contributed by atoms with E-state index in [2.05, 4.69) is 5.32 Å². The van der Waals surface area contributed by atoms with E-state index in [4.69, 9.17) is 0 Å². The molecular weight excluding hydrogens is 381 g/mol. The molecule has 156 valence electrons. The number of aliphatic hydroxyl groups is 1. The van der Waals surface area contributed by atoms with Crippen molar-refractivity contribution in [3.05, 3.63) is 70.8 Å². The van der Waals surface area contributed by atoms with E-state index in [1.54, 1.807) is 0 Å². The maximum absolute atomic E-state index is 12.9. The fraction of sp³-hybridized carbons (Fsp3) is 0.409. The highest BCUT2D eigenvalue weighted by Crippen LogP contribution is 2.32. The van der Waals surface area contributed by atoms with Gasteiger partial charge in [-0.15, -0.1) is 0 Å². The van der Waals surface area contributed by atoms with Crippen molar-refractivity contribution in [1.82, 2.24) is 10.2 Å². The summed E-state index contributed by atoms with van der Waals surface area (Å²) in [5, 5.41) is 13.8. The standard InChI is InChI=1S/C22H25F3N2O2/c1-21(29,18-8-4-9-19(12-18)22(23,24)25)15-26-13-16-6-2-3-7-17(16)14-27-11-5-10-20(27)28/h2-4,6-9,12,26,29H,5,10-11,13-15H2,1H3. The number of rotatable bonds is 7. The number of alkyl halides is 3. The van der Waals surface area contributed by atoms with Gasteiger partial charge in [0, 0.05) is 32.6 Å². The lowest BCUT2D eigenvalue weighted by molar-refractivity contribution is -0.137. The Labute approximate surface area is 168 Å². The molecule has 0 spiro atoms. The molecule has 0 bridgehead atoms. The van der Waals surface area contributed by atoms with E-state index in [1.165, 1.54) is 19.1 Å². The van der Waals surface area contributed by atoms with Gasteiger partial charge in [-0.1, -0.05) is 36.4 Å². The molecule has 2 aromatic rings. The lowest BCUT2D eigenvalue weighted by Crippen LogP contribution is -2.35. The van der Waals surface area contributed by atoms with Crippen LogP contribution in [-0.4, -0.2) is 29.0 Å². The van der Waals surface area contributed by atoms with Crippen LogP contribution in [0.3, 0.4) is 0 Å². The lowest BCUT2D eigenvalue weighted by Gasteiger charge is -2.26. The van der Waals surface area contributed by atoms with Crippen molar-refractivity contribution >= 4 is 5.91 Å². The molecule has 1 heterocycles. The number of amides is 1. The number of hydrogen-bond donors (Lipinski definition) is 2. The quantitative estimate of drug-likeness (QED) is 0.735. The van der Waals surface area contributed by atoms with E-state index in [-0.39, 0.29) is 18.0 Å². The second kappa shape index (κ2) is 8.55. The van der Waals surface area contributed by atoms with Gasteiger partial charge < -0.3 is 15.3 Å². The first-order chi connectivity index (χ1) is 13.7. The number of nitrogens with zero attached hydrogens (tertiary/aromatic N) is 1. The molecule has 1 unspecified atom stereocenters. The van der Waals surface area contributed by atoms with E-state index < -0.39 is 17.3 Å². The monoisotopic (exact) mass is 406 g/mol. The maximum atomic E-state index is 12.9. The summed E-state index contributed by atoms with van der Waals surface area (Å²) in [6.45, 7) is 3.31. The SMILES string of the molecule is CC(O)(CNCc1ccccc1CN1CCCC1=O)c1cccc(C(F)(F)F)c1. The van der Waals surface area contributed by atoms with Gasteiger partial charge in [-0.3, -0.25) is 4.79 Å². The Balaban J connectivity index is 1.64. The Kier molecular flexibility index (Phi) is 6.29. The van der Waals surface area contributed by atoms with Crippen molar-refractivity contribution in [3.63, 3.8) is 0 Å². The highest BCUT2D eigenvalue weighted by molar-refractivity contribution is 5.78. The average Bonchev–Trinajstić information content (AvgIpc) is 3.07. The summed E-state index contributed by atoms with van der Waals surface area (Å²) in [7, 11) is 0. The maximum Gasteiger partial charge on any atom is 0.416 e. The third-order valence-electron chi connectivity index (χ3n) is 5.25. The topological polar surface area (TPSA) is 52.6 Å². The third kappa shape index (κ3) is 5.36. The van der Waals surface area contributed by atoms with Gasteiger partial charge in [0.2, 0.25) is 5.91 Å². The van der Waals surface area contributed by atoms with Crippen LogP contribution in [0.15, 0.2) is 48.5 Å². The van der Waals surface area contributed by atoms with Gasteiger partial charge in [0.1, 0.15) is 0 Å². The van der Waals surface area contributed by atoms with E-state index in [1.807, 2.05) is 29.2 Å². The molecule has 1 saturated heterocycles. The van der Waals surface area contributed by atoms with Crippen molar-refractivity contribution in [2.45, 2.75) is 44.6 Å². The van der Waals surface area contributed by atoms with Crippen LogP contribution < -0.4 is 5.32 Å². The second-order valence-electron chi connectivity index (χ2n) is 7.64. The summed E-state index contributed by atoms with van der Waals surface area (Å²) >= 11 is 0. The van der Waals surface area contributed by atoms with Crippen molar-refractivity contribution < 1.29 is 23.1 Å². The smallest absolute Gasteiger partial charge is 0.384 e. The summed E-state index contributed by atoms with van der Waals surface area (Å²) in [4.78, 5) is 13.7. The van der Waals surface area contributed by atoms with Gasteiger partial charge in [-0.25, -0.2) is 0 Å². The Morgan fingerprint density at radius 3 is 2.41 bits per heavy atom. The number of likely N-dealkylation sites (tertiary alicyclic amines) is 1. The highest BCUT2D eigenvalue weighted by Gasteiger charge is 2.32. The molecule has 1 amide bonds. The van der Waals surface area contributed by atoms with Crippen LogP contribution in [0.25, 0.3) is 0 Å². The molecule has 0 aromatic heterocycles. The van der Waals surface area contributed by atoms with Crippen LogP contribution >= 0.6 is 0 Å². The fourth-order valence-corrected chi connectivity index (χ4v) is 3.53. The van der Waals surface area contributed by atoms with Gasteiger partial charge in [0.05, 0.1) is 11.2 Å². The van der Waals surface area contributed by atoms with Crippen LogP contribution in [0.1, 0.15) is 42.0 Å². The minimum absolute atomic E-state index is 0.0886. The van der Waals surface area contributed by atoms with E-state index in [9.17, 15) is 23.1 Å². The number of nitrogens with one attached hydrogen (secondary N) is 1. The molecule has 2 aromatic carbocycles. The van der Waals surface area contributed by atoms with E-state index in [0.29, 0.717) is 19.5 Å². The summed E-state index contributed by atoms with van der Waals surface area (Å²) < 4.78 is 38.8. The molecule has 4 nitrogen and oxygen atoms in total. The summed E-state index contributed by atoms with van der Waals surface area (Å²) in [6, 6.07) is 12.5. The molecule has 3 rings (SSSR count). The predicted octanol–water partition coefficient (Wildman–Crippen LogP) is 3.83. The molecule has 0 saturated carbocycles. The molecule has 0 radical (unpaired) electrons. The van der Waals surface area contributed by atoms with Gasteiger partial charge in [-0.05, 0) is 42.2 Å². The third-order valence-corrected chi connectivity index (χ3v) is 5.25. The van der Waals surface area contributed by atoms with Crippen LogP contribution in [0, 0.1) is 0 Å². The molecule has 1 aliphatic heterocycles. The zero-order chi connectivity index (χ0) is 21.1. The van der Waals surface area contributed by atoms with Crippen molar-refractivity contribution in [2.24, 2.45) is 0 Å². The van der Waals surface area contributed by atoms with Gasteiger partial charge in [0.15, 0.2) is 0 Å². The lowest BCUT2D eigenvalue weighted by atomic mass is 9.94. The molecule has 1 fully saturated rings. The fourth-order valence-electron chi connectivity index (χ4n) is 3.53. The molecule has 29 heavy (non-hydrogen) atoms. The van der Waals surface area contributed by atoms with Gasteiger partial charge in [-0.2, -0.15) is 13.2 Å². The second-order valence-corrected chi connectivity index (χ2v) is 7.64. The summed E-state index contributed by atoms with van der Waals surface area (Å²) in [5.74, 6) is 0.153. The van der Waals surface area contributed by atoms with E-state index in [0.717, 1.165) is 36.2 Å². The first-order valence-corrected chi connectivity index (χ1v) is 9.62. The van der Waals surface area contributed by atoms with Crippen LogP contribution in [0.5, 0.6) is 0 Å². The van der Waals surface area contributed by atoms with Crippen LogP contribution in [0.4, 0.5) is 13.2 Å². The number of benzene rings is 2. The average molecular weight is 406 g/mol. The first-order valence-electron chi connectivity index (χ1n) is 9.62. The predicted molar refractivity (Wildman–Crippen MR) is 104 cm³/mol. The molecule has 1 aliphatic rings. The molecule has 7 heteroatoms. The minimum Gasteiger partial charge on any atom is -0.384 e. The normalized spacial score (nSPS) is 16.9. The molecular formula is C22H25F3N2O2. The Morgan fingerprint density at radius 2 is 1.76 bits per heavy atom. The zero-order valence-electron chi connectivity index (χ0n) is 16.3. The van der Waals surface area contributed by atoms with E-state index >= 15 is 0 Å². The number of carbonyl (C=O) groups excluding carboxylic acids is 1. The number of carbonyl (C=O) groups is 1. The molecule has 1 atom stereocenters. The Hall–Kier alpha value is -2.38. The summed E-state index contributed by atoms with van der Waals surface area (Å²) in [6.07, 6.45) is -3.00. The minimum atomic E-state index is -4.45.